The van der Waals surface area contributed by atoms with Crippen molar-refractivity contribution in [2.24, 2.45) is 5.92 Å². The molecule has 0 bridgehead atoms. The normalized spacial score (nSPS) is 21.8. The van der Waals surface area contributed by atoms with Crippen LogP contribution < -0.4 is 5.32 Å². The van der Waals surface area contributed by atoms with Crippen LogP contribution in [0.2, 0.25) is 0 Å². The van der Waals surface area contributed by atoms with E-state index >= 15 is 0 Å². The van der Waals surface area contributed by atoms with Crippen molar-refractivity contribution in [2.45, 2.75) is 64.6 Å². The molecule has 3 heteroatoms. The summed E-state index contributed by atoms with van der Waals surface area (Å²) in [5.74, 6) is 0.879. The van der Waals surface area contributed by atoms with E-state index in [1.807, 2.05) is 0 Å². The molecule has 0 aromatic carbocycles. The Morgan fingerprint density at radius 2 is 2.18 bits per heavy atom. The van der Waals surface area contributed by atoms with E-state index in [1.165, 1.54) is 36.9 Å². The van der Waals surface area contributed by atoms with E-state index < -0.39 is 0 Å². The molecule has 1 aromatic heterocycles. The molecule has 1 atom stereocenters. The largest absolute Gasteiger partial charge is 0.310 e. The zero-order chi connectivity index (χ0) is 11.8. The molecule has 94 valence electrons. The van der Waals surface area contributed by atoms with Crippen LogP contribution in [0.4, 0.5) is 0 Å². The highest BCUT2D eigenvalue weighted by Crippen LogP contribution is 2.39. The number of hydrogen-bond donors (Lipinski definition) is 1. The van der Waals surface area contributed by atoms with Crippen LogP contribution in [-0.2, 0) is 13.0 Å². The monoisotopic (exact) mass is 233 g/mol. The first-order valence-electron chi connectivity index (χ1n) is 7.08. The molecule has 3 rings (SSSR count). The highest BCUT2D eigenvalue weighted by Gasteiger charge is 2.31. The Kier molecular flexibility index (Phi) is 2.95. The minimum Gasteiger partial charge on any atom is -0.310 e. The van der Waals surface area contributed by atoms with Crippen LogP contribution in [0.15, 0.2) is 6.20 Å². The lowest BCUT2D eigenvalue weighted by Crippen LogP contribution is -2.17. The average molecular weight is 233 g/mol. The first kappa shape index (κ1) is 11.3. The van der Waals surface area contributed by atoms with Crippen LogP contribution in [0, 0.1) is 5.92 Å². The maximum Gasteiger partial charge on any atom is 0.0537 e. The maximum atomic E-state index is 4.62. The van der Waals surface area contributed by atoms with E-state index in [-0.39, 0.29) is 0 Å². The Bertz CT molecular complexity index is 388. The van der Waals surface area contributed by atoms with Gasteiger partial charge < -0.3 is 5.32 Å². The van der Waals surface area contributed by atoms with E-state index in [1.54, 1.807) is 0 Å². The van der Waals surface area contributed by atoms with Crippen LogP contribution in [0.3, 0.4) is 0 Å². The second kappa shape index (κ2) is 4.45. The minimum atomic E-state index is 0.597. The lowest BCUT2D eigenvalue weighted by atomic mass is 10.1. The lowest BCUT2D eigenvalue weighted by molar-refractivity contribution is 0.425. The number of nitrogens with one attached hydrogen (secondary N) is 1. The Balaban J connectivity index is 1.73. The van der Waals surface area contributed by atoms with E-state index in [0.29, 0.717) is 6.04 Å². The van der Waals surface area contributed by atoms with E-state index in [4.69, 9.17) is 0 Å². The SMILES string of the molecule is CCc1c(CNC2CC2)cnn1C(C)C1CC1. The van der Waals surface area contributed by atoms with Gasteiger partial charge >= 0.3 is 0 Å². The van der Waals surface area contributed by atoms with Crippen molar-refractivity contribution in [3.63, 3.8) is 0 Å². The number of aromatic nitrogens is 2. The Labute approximate surface area is 104 Å². The summed E-state index contributed by atoms with van der Waals surface area (Å²) in [7, 11) is 0. The first-order valence-corrected chi connectivity index (χ1v) is 7.08. The van der Waals surface area contributed by atoms with Gasteiger partial charge in [0, 0.05) is 23.8 Å². The van der Waals surface area contributed by atoms with E-state index in [0.717, 1.165) is 24.9 Å². The Morgan fingerprint density at radius 1 is 1.41 bits per heavy atom. The molecule has 17 heavy (non-hydrogen) atoms. The molecule has 1 aromatic rings. The molecule has 1 heterocycles. The quantitative estimate of drug-likeness (QED) is 0.818. The zero-order valence-electron chi connectivity index (χ0n) is 10.9. The minimum absolute atomic E-state index is 0.597. The molecule has 0 saturated heterocycles. The molecule has 0 aliphatic heterocycles. The molecule has 2 aliphatic rings. The van der Waals surface area contributed by atoms with Crippen LogP contribution >= 0.6 is 0 Å². The van der Waals surface area contributed by atoms with Crippen LogP contribution in [0.1, 0.15) is 56.8 Å². The van der Waals surface area contributed by atoms with Gasteiger partial charge in [0.25, 0.3) is 0 Å². The smallest absolute Gasteiger partial charge is 0.0537 e. The Morgan fingerprint density at radius 3 is 2.76 bits per heavy atom. The zero-order valence-corrected chi connectivity index (χ0v) is 10.9. The van der Waals surface area contributed by atoms with Gasteiger partial charge in [0.1, 0.15) is 0 Å². The van der Waals surface area contributed by atoms with Gasteiger partial charge in [-0.15, -0.1) is 0 Å². The summed E-state index contributed by atoms with van der Waals surface area (Å²) in [6.45, 7) is 5.57. The lowest BCUT2D eigenvalue weighted by Gasteiger charge is -2.15. The third-order valence-electron chi connectivity index (χ3n) is 4.17. The third-order valence-corrected chi connectivity index (χ3v) is 4.17. The van der Waals surface area contributed by atoms with Gasteiger partial charge in [0.2, 0.25) is 0 Å². The molecule has 2 aliphatic carbocycles. The van der Waals surface area contributed by atoms with Crippen molar-refractivity contribution in [3.05, 3.63) is 17.5 Å². The predicted molar refractivity (Wildman–Crippen MR) is 68.9 cm³/mol. The number of rotatable bonds is 6. The molecule has 0 spiro atoms. The van der Waals surface area contributed by atoms with Gasteiger partial charge in [-0.1, -0.05) is 6.92 Å². The Hall–Kier alpha value is -0.830. The second-order valence-corrected chi connectivity index (χ2v) is 5.65. The molecule has 0 amide bonds. The van der Waals surface area contributed by atoms with E-state index in [2.05, 4.69) is 35.1 Å². The molecular weight excluding hydrogens is 210 g/mol. The van der Waals surface area contributed by atoms with Crippen LogP contribution in [0.25, 0.3) is 0 Å². The maximum absolute atomic E-state index is 4.62. The van der Waals surface area contributed by atoms with Gasteiger partial charge in [-0.3, -0.25) is 4.68 Å². The van der Waals surface area contributed by atoms with Crippen molar-refractivity contribution >= 4 is 0 Å². The van der Waals surface area contributed by atoms with Gasteiger partial charge in [0.05, 0.1) is 12.2 Å². The van der Waals surface area contributed by atoms with Gasteiger partial charge in [-0.25, -0.2) is 0 Å². The summed E-state index contributed by atoms with van der Waals surface area (Å²) >= 11 is 0. The van der Waals surface area contributed by atoms with Gasteiger partial charge in [0.15, 0.2) is 0 Å². The molecule has 3 nitrogen and oxygen atoms in total. The third kappa shape index (κ3) is 2.39. The van der Waals surface area contributed by atoms with Crippen molar-refractivity contribution in [3.8, 4) is 0 Å². The first-order chi connectivity index (χ1) is 8.29. The number of nitrogens with zero attached hydrogens (tertiary/aromatic N) is 2. The molecule has 1 N–H and O–H groups in total. The fourth-order valence-corrected chi connectivity index (χ4v) is 2.63. The summed E-state index contributed by atoms with van der Waals surface area (Å²) < 4.78 is 2.28. The van der Waals surface area contributed by atoms with Gasteiger partial charge in [-0.2, -0.15) is 5.10 Å². The topological polar surface area (TPSA) is 29.9 Å². The molecule has 2 saturated carbocycles. The van der Waals surface area contributed by atoms with E-state index in [9.17, 15) is 0 Å². The molecule has 0 radical (unpaired) electrons. The van der Waals surface area contributed by atoms with Crippen LogP contribution in [-0.4, -0.2) is 15.8 Å². The molecular formula is C14H23N3. The fraction of sp³-hybridized carbons (Fsp3) is 0.786. The van der Waals surface area contributed by atoms with Crippen LogP contribution in [0.5, 0.6) is 0 Å². The highest BCUT2D eigenvalue weighted by molar-refractivity contribution is 5.19. The van der Waals surface area contributed by atoms with Crippen molar-refractivity contribution < 1.29 is 0 Å². The summed E-state index contributed by atoms with van der Waals surface area (Å²) in [6, 6.07) is 1.38. The predicted octanol–water partition coefficient (Wildman–Crippen LogP) is 2.67. The molecule has 1 unspecified atom stereocenters. The standard InChI is InChI=1S/C14H23N3/c1-3-14-12(8-15-13-6-7-13)9-16-17(14)10(2)11-4-5-11/h9-11,13,15H,3-8H2,1-2H3. The van der Waals surface area contributed by atoms with Crippen molar-refractivity contribution in [1.82, 2.24) is 15.1 Å². The summed E-state index contributed by atoms with van der Waals surface area (Å²) in [4.78, 5) is 0. The van der Waals surface area contributed by atoms with Gasteiger partial charge in [-0.05, 0) is 44.9 Å². The van der Waals surface area contributed by atoms with Crippen molar-refractivity contribution in [1.29, 1.82) is 0 Å². The van der Waals surface area contributed by atoms with Crippen molar-refractivity contribution in [2.75, 3.05) is 0 Å². The summed E-state index contributed by atoms with van der Waals surface area (Å²) in [6.07, 6.45) is 8.66. The average Bonchev–Trinajstić information content (AvgIpc) is 3.22. The number of hydrogen-bond acceptors (Lipinski definition) is 2. The summed E-state index contributed by atoms with van der Waals surface area (Å²) in [5.41, 5.74) is 2.85. The fourth-order valence-electron chi connectivity index (χ4n) is 2.63. The molecule has 2 fully saturated rings. The highest BCUT2D eigenvalue weighted by atomic mass is 15.3. The summed E-state index contributed by atoms with van der Waals surface area (Å²) in [5, 5.41) is 8.21. The second-order valence-electron chi connectivity index (χ2n) is 5.65.